The number of benzene rings is 2. The first kappa shape index (κ1) is 28.7. The largest absolute Gasteiger partial charge is 0.366 e. The van der Waals surface area contributed by atoms with Gasteiger partial charge in [0.05, 0.1) is 19.6 Å². The number of aromatic nitrogens is 1. The van der Waals surface area contributed by atoms with Crippen LogP contribution in [0.4, 0.5) is 0 Å². The minimum Gasteiger partial charge on any atom is -0.366 e. The molecular weight excluding hydrogens is 478 g/mol. The zero-order chi connectivity index (χ0) is 27.0. The van der Waals surface area contributed by atoms with Crippen molar-refractivity contribution in [1.29, 1.82) is 0 Å². The van der Waals surface area contributed by atoms with Crippen molar-refractivity contribution in [2.45, 2.75) is 51.7 Å². The van der Waals surface area contributed by atoms with Crippen LogP contribution >= 0.6 is 0 Å². The molecule has 0 bridgehead atoms. The summed E-state index contributed by atoms with van der Waals surface area (Å²) in [7, 11) is 0. The minimum absolute atomic E-state index is 0.0597. The van der Waals surface area contributed by atoms with E-state index in [2.05, 4.69) is 15.6 Å². The van der Waals surface area contributed by atoms with Crippen molar-refractivity contribution in [3.8, 4) is 0 Å². The number of nitrogens with zero attached hydrogens (tertiary/aromatic N) is 1. The summed E-state index contributed by atoms with van der Waals surface area (Å²) in [5, 5.41) is 5.65. The second-order valence-corrected chi connectivity index (χ2v) is 9.53. The Kier molecular flexibility index (Phi) is 12.2. The van der Waals surface area contributed by atoms with Crippen molar-refractivity contribution in [3.05, 3.63) is 102 Å². The second-order valence-electron chi connectivity index (χ2n) is 9.53. The van der Waals surface area contributed by atoms with Crippen molar-refractivity contribution in [2.75, 3.05) is 13.1 Å². The van der Waals surface area contributed by atoms with E-state index in [4.69, 9.17) is 4.74 Å². The number of aryl methyl sites for hydroxylation is 1. The van der Waals surface area contributed by atoms with Crippen molar-refractivity contribution >= 4 is 17.6 Å². The van der Waals surface area contributed by atoms with Crippen LogP contribution in [0.15, 0.2) is 85.2 Å². The number of hydrogen-bond donors (Lipinski definition) is 2. The smallest absolute Gasteiger partial charge is 0.224 e. The summed E-state index contributed by atoms with van der Waals surface area (Å²) in [6.45, 7) is 2.72. The van der Waals surface area contributed by atoms with Gasteiger partial charge in [0, 0.05) is 25.4 Å². The molecule has 0 fully saturated rings. The topological polar surface area (TPSA) is 97.4 Å². The molecule has 7 nitrogen and oxygen atoms in total. The molecule has 2 atom stereocenters. The Hall–Kier alpha value is -3.84. The van der Waals surface area contributed by atoms with Gasteiger partial charge in [0.15, 0.2) is 5.78 Å². The lowest BCUT2D eigenvalue weighted by molar-refractivity contribution is -0.133. The average molecular weight is 516 g/mol. The standard InChI is InChI=1S/C31H37N3O4/c1-24(14-19-33-31(37)21-26-15-17-32-18-16-26)20-30(36)34-22-28(35)29(13-12-25-8-4-2-5-9-25)38-23-27-10-6-3-7-11-27/h2-11,15-18,24,29H,12-14,19-23H2,1H3,(H,33,37)(H,34,36). The van der Waals surface area contributed by atoms with Crippen molar-refractivity contribution in [3.63, 3.8) is 0 Å². The van der Waals surface area contributed by atoms with Crippen LogP contribution < -0.4 is 10.6 Å². The van der Waals surface area contributed by atoms with Gasteiger partial charge in [-0.15, -0.1) is 0 Å². The Bertz CT molecular complexity index is 1080. The van der Waals surface area contributed by atoms with Crippen LogP contribution in [0.3, 0.4) is 0 Å². The molecule has 0 saturated carbocycles. The molecule has 3 rings (SSSR count). The van der Waals surface area contributed by atoms with E-state index in [0.29, 0.717) is 38.8 Å². The van der Waals surface area contributed by atoms with Crippen molar-refractivity contribution in [2.24, 2.45) is 5.92 Å². The average Bonchev–Trinajstić information content (AvgIpc) is 2.93. The second kappa shape index (κ2) is 16.1. The third-order valence-electron chi connectivity index (χ3n) is 6.26. The quantitative estimate of drug-likeness (QED) is 0.300. The first-order valence-electron chi connectivity index (χ1n) is 13.1. The number of hydrogen-bond acceptors (Lipinski definition) is 5. The van der Waals surface area contributed by atoms with E-state index in [0.717, 1.165) is 16.7 Å². The third-order valence-corrected chi connectivity index (χ3v) is 6.26. The van der Waals surface area contributed by atoms with Crippen LogP contribution in [0.5, 0.6) is 0 Å². The fraction of sp³-hybridized carbons (Fsp3) is 0.355. The molecule has 0 saturated heterocycles. The summed E-state index contributed by atoms with van der Waals surface area (Å²) in [5.74, 6) is -0.315. The first-order chi connectivity index (χ1) is 18.5. The molecule has 3 aromatic rings. The summed E-state index contributed by atoms with van der Waals surface area (Å²) in [6, 6.07) is 23.3. The Morgan fingerprint density at radius 1 is 0.789 bits per heavy atom. The van der Waals surface area contributed by atoms with E-state index in [1.807, 2.05) is 79.7 Å². The number of nitrogens with one attached hydrogen (secondary N) is 2. The highest BCUT2D eigenvalue weighted by Gasteiger charge is 2.20. The highest BCUT2D eigenvalue weighted by atomic mass is 16.5. The molecule has 0 spiro atoms. The highest BCUT2D eigenvalue weighted by molar-refractivity contribution is 5.89. The maximum atomic E-state index is 13.0. The van der Waals surface area contributed by atoms with E-state index >= 15 is 0 Å². The summed E-state index contributed by atoms with van der Waals surface area (Å²) >= 11 is 0. The summed E-state index contributed by atoms with van der Waals surface area (Å²) in [4.78, 5) is 41.5. The highest BCUT2D eigenvalue weighted by Crippen LogP contribution is 2.12. The predicted molar refractivity (Wildman–Crippen MR) is 147 cm³/mol. The van der Waals surface area contributed by atoms with Gasteiger partial charge < -0.3 is 15.4 Å². The molecule has 0 radical (unpaired) electrons. The van der Waals surface area contributed by atoms with Gasteiger partial charge in [0.2, 0.25) is 11.8 Å². The molecule has 2 unspecified atom stereocenters. The number of ether oxygens (including phenoxy) is 1. The van der Waals surface area contributed by atoms with Crippen LogP contribution in [0.2, 0.25) is 0 Å². The van der Waals surface area contributed by atoms with Crippen molar-refractivity contribution < 1.29 is 19.1 Å². The predicted octanol–water partition coefficient (Wildman–Crippen LogP) is 4.06. The normalized spacial score (nSPS) is 12.3. The van der Waals surface area contributed by atoms with Gasteiger partial charge in [0.25, 0.3) is 0 Å². The Balaban J connectivity index is 1.39. The number of rotatable bonds is 16. The molecule has 1 aromatic heterocycles. The van der Waals surface area contributed by atoms with Gasteiger partial charge in [-0.1, -0.05) is 67.6 Å². The lowest BCUT2D eigenvalue weighted by atomic mass is 10.0. The molecule has 2 aromatic carbocycles. The maximum Gasteiger partial charge on any atom is 0.224 e. The van der Waals surface area contributed by atoms with Gasteiger partial charge in [-0.25, -0.2) is 0 Å². The molecule has 0 aliphatic heterocycles. The van der Waals surface area contributed by atoms with E-state index in [9.17, 15) is 14.4 Å². The molecular formula is C31H37N3O4. The van der Waals surface area contributed by atoms with Crippen LogP contribution in [0.25, 0.3) is 0 Å². The van der Waals surface area contributed by atoms with Gasteiger partial charge in [-0.05, 0) is 54.0 Å². The fourth-order valence-electron chi connectivity index (χ4n) is 4.05. The van der Waals surface area contributed by atoms with Gasteiger partial charge in [-0.3, -0.25) is 19.4 Å². The summed E-state index contributed by atoms with van der Waals surface area (Å²) in [5.41, 5.74) is 3.04. The fourth-order valence-corrected chi connectivity index (χ4v) is 4.05. The number of ketones is 1. The number of carbonyl (C=O) groups excluding carboxylic acids is 3. The molecule has 0 aliphatic carbocycles. The molecule has 0 aliphatic rings. The first-order valence-corrected chi connectivity index (χ1v) is 13.1. The zero-order valence-corrected chi connectivity index (χ0v) is 22.0. The van der Waals surface area contributed by atoms with Gasteiger partial charge in [-0.2, -0.15) is 0 Å². The minimum atomic E-state index is -0.608. The Morgan fingerprint density at radius 2 is 1.45 bits per heavy atom. The Morgan fingerprint density at radius 3 is 2.13 bits per heavy atom. The van der Waals surface area contributed by atoms with Gasteiger partial charge in [0.1, 0.15) is 6.10 Å². The molecule has 1 heterocycles. The number of Topliss-reactive ketones (excluding diaryl/α,β-unsaturated/α-hetero) is 1. The van der Waals surface area contributed by atoms with Crippen LogP contribution in [-0.2, 0) is 38.6 Å². The van der Waals surface area contributed by atoms with E-state index in [1.54, 1.807) is 12.4 Å². The van der Waals surface area contributed by atoms with Crippen LogP contribution in [0.1, 0.15) is 42.9 Å². The lowest BCUT2D eigenvalue weighted by Gasteiger charge is -2.18. The Labute approximate surface area is 225 Å². The maximum absolute atomic E-state index is 13.0. The monoisotopic (exact) mass is 515 g/mol. The molecule has 38 heavy (non-hydrogen) atoms. The summed E-state index contributed by atoms with van der Waals surface area (Å²) in [6.07, 6.45) is 5.23. The number of carbonyl (C=O) groups is 3. The van der Waals surface area contributed by atoms with E-state index in [-0.39, 0.29) is 36.5 Å². The third kappa shape index (κ3) is 11.0. The molecule has 2 amide bonds. The molecule has 2 N–H and O–H groups in total. The SMILES string of the molecule is CC(CCNC(=O)Cc1ccncc1)CC(=O)NCC(=O)C(CCc1ccccc1)OCc1ccccc1. The number of pyridine rings is 1. The van der Waals surface area contributed by atoms with Crippen LogP contribution in [0, 0.1) is 5.92 Å². The number of amides is 2. The van der Waals surface area contributed by atoms with E-state index in [1.165, 1.54) is 0 Å². The molecule has 7 heteroatoms. The van der Waals surface area contributed by atoms with E-state index < -0.39 is 6.10 Å². The molecule has 200 valence electrons. The lowest BCUT2D eigenvalue weighted by Crippen LogP contribution is -2.37. The van der Waals surface area contributed by atoms with Crippen LogP contribution in [-0.4, -0.2) is 41.8 Å². The van der Waals surface area contributed by atoms with Crippen molar-refractivity contribution in [1.82, 2.24) is 15.6 Å². The summed E-state index contributed by atoms with van der Waals surface area (Å²) < 4.78 is 6.00. The van der Waals surface area contributed by atoms with Gasteiger partial charge >= 0.3 is 0 Å². The zero-order valence-electron chi connectivity index (χ0n) is 22.0.